The van der Waals surface area contributed by atoms with E-state index < -0.39 is 12.0 Å². The SMILES string of the molecule is CC(C)(C)OC(=O)N1CCC[C@@H](CNc2nc(N3CCOCC3)cc(-n3c(C(F)F)nc4ccccc43)n2)C1. The summed E-state index contributed by atoms with van der Waals surface area (Å²) in [6.07, 6.45) is -1.29. The smallest absolute Gasteiger partial charge is 0.410 e. The zero-order valence-electron chi connectivity index (χ0n) is 22.6. The number of ether oxygens (including phenoxy) is 2. The molecular formula is C27H35F2N7O3. The zero-order valence-corrected chi connectivity index (χ0v) is 22.6. The second kappa shape index (κ2) is 11.3. The van der Waals surface area contributed by atoms with Crippen LogP contribution in [-0.4, -0.2) is 82.1 Å². The number of morpholine rings is 1. The van der Waals surface area contributed by atoms with Crippen molar-refractivity contribution >= 4 is 28.9 Å². The number of halogens is 2. The van der Waals surface area contributed by atoms with E-state index in [9.17, 15) is 13.6 Å². The van der Waals surface area contributed by atoms with Gasteiger partial charge < -0.3 is 24.6 Å². The predicted octanol–water partition coefficient (Wildman–Crippen LogP) is 4.65. The molecule has 10 nitrogen and oxygen atoms in total. The average Bonchev–Trinajstić information content (AvgIpc) is 3.32. The third-order valence-corrected chi connectivity index (χ3v) is 6.76. The number of fused-ring (bicyclic) bond motifs is 1. The van der Waals surface area contributed by atoms with Gasteiger partial charge in [0.1, 0.15) is 17.2 Å². The van der Waals surface area contributed by atoms with Gasteiger partial charge in [-0.1, -0.05) is 12.1 Å². The van der Waals surface area contributed by atoms with Crippen LogP contribution in [0.25, 0.3) is 16.9 Å². The highest BCUT2D eigenvalue weighted by Crippen LogP contribution is 2.29. The number of likely N-dealkylation sites (tertiary alicyclic amines) is 1. The molecular weight excluding hydrogens is 508 g/mol. The number of anilines is 2. The highest BCUT2D eigenvalue weighted by atomic mass is 19.3. The first-order chi connectivity index (χ1) is 18.7. The van der Waals surface area contributed by atoms with Gasteiger partial charge in [0.2, 0.25) is 5.95 Å². The molecule has 0 unspecified atom stereocenters. The normalized spacial score (nSPS) is 18.6. The van der Waals surface area contributed by atoms with Gasteiger partial charge in [-0.15, -0.1) is 0 Å². The first-order valence-electron chi connectivity index (χ1n) is 13.4. The summed E-state index contributed by atoms with van der Waals surface area (Å²) in [4.78, 5) is 30.0. The van der Waals surface area contributed by atoms with Gasteiger partial charge in [0.25, 0.3) is 6.43 Å². The monoisotopic (exact) mass is 543 g/mol. The Hall–Kier alpha value is -3.54. The van der Waals surface area contributed by atoms with Crippen molar-refractivity contribution in [1.29, 1.82) is 0 Å². The van der Waals surface area contributed by atoms with Gasteiger partial charge in [-0.05, 0) is 51.7 Å². The minimum absolute atomic E-state index is 0.163. The van der Waals surface area contributed by atoms with Gasteiger partial charge in [0, 0.05) is 38.8 Å². The molecule has 1 amide bonds. The number of aromatic nitrogens is 4. The first kappa shape index (κ1) is 27.0. The van der Waals surface area contributed by atoms with Crippen molar-refractivity contribution in [2.75, 3.05) is 56.2 Å². The molecule has 1 N–H and O–H groups in total. The molecule has 39 heavy (non-hydrogen) atoms. The van der Waals surface area contributed by atoms with Gasteiger partial charge in [-0.2, -0.15) is 9.97 Å². The standard InChI is InChI=1S/C27H35F2N7O3/c1-27(2,3)39-26(37)35-10-6-7-18(17-35)16-30-25-32-21(34-11-13-38-14-12-34)15-22(33-25)36-20-9-5-4-8-19(20)31-24(36)23(28)29/h4-5,8-9,15,18,23H,6-7,10-14,16-17H2,1-3H3,(H,30,32,33)/t18-/m0/s1. The molecule has 2 aliphatic rings. The number of carbonyl (C=O) groups is 1. The Bertz CT molecular complexity index is 1300. The Labute approximate surface area is 226 Å². The van der Waals surface area contributed by atoms with Gasteiger partial charge in [0.05, 0.1) is 24.2 Å². The molecule has 1 aromatic carbocycles. The van der Waals surface area contributed by atoms with E-state index >= 15 is 0 Å². The molecule has 2 aromatic heterocycles. The van der Waals surface area contributed by atoms with Crippen LogP contribution in [0.2, 0.25) is 0 Å². The summed E-state index contributed by atoms with van der Waals surface area (Å²) < 4.78 is 40.6. The predicted molar refractivity (Wildman–Crippen MR) is 144 cm³/mol. The van der Waals surface area contributed by atoms with Crippen molar-refractivity contribution < 1.29 is 23.0 Å². The lowest BCUT2D eigenvalue weighted by Gasteiger charge is -2.34. The molecule has 1 atom stereocenters. The van der Waals surface area contributed by atoms with E-state index in [4.69, 9.17) is 14.5 Å². The highest BCUT2D eigenvalue weighted by Gasteiger charge is 2.28. The fourth-order valence-electron chi connectivity index (χ4n) is 4.96. The Morgan fingerprint density at radius 1 is 1.13 bits per heavy atom. The van der Waals surface area contributed by atoms with Crippen molar-refractivity contribution in [3.8, 4) is 5.82 Å². The topological polar surface area (TPSA) is 97.6 Å². The maximum atomic E-state index is 14.1. The van der Waals surface area contributed by atoms with Crippen molar-refractivity contribution in [2.24, 2.45) is 5.92 Å². The van der Waals surface area contributed by atoms with E-state index in [0.717, 1.165) is 12.8 Å². The number of para-hydroxylation sites is 2. The Balaban J connectivity index is 1.42. The largest absolute Gasteiger partial charge is 0.444 e. The second-order valence-corrected chi connectivity index (χ2v) is 10.9. The van der Waals surface area contributed by atoms with Crippen molar-refractivity contribution in [3.63, 3.8) is 0 Å². The summed E-state index contributed by atoms with van der Waals surface area (Å²) in [6.45, 7) is 9.68. The minimum atomic E-state index is -2.78. The van der Waals surface area contributed by atoms with Gasteiger partial charge in [0.15, 0.2) is 5.82 Å². The molecule has 2 fully saturated rings. The summed E-state index contributed by atoms with van der Waals surface area (Å²) in [7, 11) is 0. The fourth-order valence-corrected chi connectivity index (χ4v) is 4.96. The molecule has 4 heterocycles. The molecule has 2 saturated heterocycles. The zero-order chi connectivity index (χ0) is 27.6. The van der Waals surface area contributed by atoms with Crippen molar-refractivity contribution in [3.05, 3.63) is 36.2 Å². The van der Waals surface area contributed by atoms with Gasteiger partial charge in [-0.25, -0.2) is 18.6 Å². The molecule has 0 bridgehead atoms. The van der Waals surface area contributed by atoms with E-state index in [1.807, 2.05) is 20.8 Å². The number of rotatable bonds is 6. The summed E-state index contributed by atoms with van der Waals surface area (Å²) in [5, 5.41) is 3.32. The van der Waals surface area contributed by atoms with Crippen LogP contribution < -0.4 is 10.2 Å². The van der Waals surface area contributed by atoms with E-state index in [1.165, 1.54) is 4.57 Å². The third kappa shape index (κ3) is 6.38. The van der Waals surface area contributed by atoms with Crippen LogP contribution >= 0.6 is 0 Å². The summed E-state index contributed by atoms with van der Waals surface area (Å²) >= 11 is 0. The Morgan fingerprint density at radius 2 is 1.87 bits per heavy atom. The average molecular weight is 544 g/mol. The van der Waals surface area contributed by atoms with E-state index in [2.05, 4.69) is 20.2 Å². The quantitative estimate of drug-likeness (QED) is 0.480. The molecule has 5 rings (SSSR count). The molecule has 2 aliphatic heterocycles. The van der Waals surface area contributed by atoms with Crippen molar-refractivity contribution in [1.82, 2.24) is 24.4 Å². The molecule has 0 saturated carbocycles. The van der Waals surface area contributed by atoms with Crippen LogP contribution in [0.3, 0.4) is 0 Å². The lowest BCUT2D eigenvalue weighted by atomic mass is 9.98. The summed E-state index contributed by atoms with van der Waals surface area (Å²) in [5.74, 6) is 1.08. The van der Waals surface area contributed by atoms with Gasteiger partial charge in [-0.3, -0.25) is 4.57 Å². The third-order valence-electron chi connectivity index (χ3n) is 6.76. The lowest BCUT2D eigenvalue weighted by Crippen LogP contribution is -2.44. The summed E-state index contributed by atoms with van der Waals surface area (Å²) in [6, 6.07) is 8.75. The number of hydrogen-bond acceptors (Lipinski definition) is 8. The number of piperidine rings is 1. The molecule has 0 radical (unpaired) electrons. The van der Waals surface area contributed by atoms with Gasteiger partial charge >= 0.3 is 6.09 Å². The number of amides is 1. The van der Waals surface area contributed by atoms with E-state index in [-0.39, 0.29) is 17.8 Å². The molecule has 3 aromatic rings. The fraction of sp³-hybridized carbons (Fsp3) is 0.556. The number of nitrogens with zero attached hydrogens (tertiary/aromatic N) is 6. The Kier molecular flexibility index (Phi) is 7.83. The van der Waals surface area contributed by atoms with Crippen LogP contribution in [-0.2, 0) is 9.47 Å². The van der Waals surface area contributed by atoms with Crippen LogP contribution in [0.4, 0.5) is 25.3 Å². The number of imidazole rings is 1. The second-order valence-electron chi connectivity index (χ2n) is 10.9. The molecule has 12 heteroatoms. The van der Waals surface area contributed by atoms with Crippen LogP contribution in [0.15, 0.2) is 30.3 Å². The first-order valence-corrected chi connectivity index (χ1v) is 13.4. The number of nitrogens with one attached hydrogen (secondary N) is 1. The van der Waals surface area contributed by atoms with Crippen LogP contribution in [0.1, 0.15) is 45.9 Å². The molecule has 0 spiro atoms. The minimum Gasteiger partial charge on any atom is -0.444 e. The number of alkyl halides is 2. The molecule has 210 valence electrons. The molecule has 0 aliphatic carbocycles. The maximum Gasteiger partial charge on any atom is 0.410 e. The van der Waals surface area contributed by atoms with E-state index in [1.54, 1.807) is 35.2 Å². The van der Waals surface area contributed by atoms with E-state index in [0.29, 0.717) is 74.6 Å². The number of benzene rings is 1. The highest BCUT2D eigenvalue weighted by molar-refractivity contribution is 5.78. The number of carbonyl (C=O) groups excluding carboxylic acids is 1. The number of hydrogen-bond donors (Lipinski definition) is 1. The lowest BCUT2D eigenvalue weighted by molar-refractivity contribution is 0.0172. The maximum absolute atomic E-state index is 14.1. The Morgan fingerprint density at radius 3 is 2.62 bits per heavy atom. The summed E-state index contributed by atoms with van der Waals surface area (Å²) in [5.41, 5.74) is 0.463. The van der Waals surface area contributed by atoms with Crippen LogP contribution in [0, 0.1) is 5.92 Å². The van der Waals surface area contributed by atoms with Crippen LogP contribution in [0.5, 0.6) is 0 Å². The van der Waals surface area contributed by atoms with Crippen molar-refractivity contribution in [2.45, 2.75) is 45.6 Å².